The van der Waals surface area contributed by atoms with Gasteiger partial charge in [0.15, 0.2) is 5.95 Å². The first-order valence-corrected chi connectivity index (χ1v) is 9.09. The van der Waals surface area contributed by atoms with Crippen LogP contribution in [0.1, 0.15) is 0 Å². The van der Waals surface area contributed by atoms with E-state index in [0.29, 0.717) is 0 Å². The van der Waals surface area contributed by atoms with E-state index in [0.717, 1.165) is 16.3 Å². The average Bonchev–Trinajstić information content (AvgIpc) is 3.17. The summed E-state index contributed by atoms with van der Waals surface area (Å²) in [5.74, 6) is -0.207. The van der Waals surface area contributed by atoms with Crippen molar-refractivity contribution < 1.29 is 4.39 Å². The quantitative estimate of drug-likeness (QED) is 0.285. The van der Waals surface area contributed by atoms with Gasteiger partial charge >= 0.3 is 0 Å². The van der Waals surface area contributed by atoms with Gasteiger partial charge in [0.1, 0.15) is 0 Å². The minimum Gasteiger partial charge on any atom is -0.351 e. The molecule has 0 aliphatic rings. The Morgan fingerprint density at radius 1 is 0.593 bits per heavy atom. The number of fused-ring (bicyclic) bond motifs is 7. The Morgan fingerprint density at radius 3 is 1.93 bits per heavy atom. The fraction of sp³-hybridized carbons (Fsp3) is 0.0833. The number of aryl methyl sites for hydroxylation is 2. The highest BCUT2D eigenvalue weighted by molar-refractivity contribution is 6.20. The lowest BCUT2D eigenvalue weighted by molar-refractivity contribution is 0.542. The molecule has 0 aliphatic heterocycles. The number of hydrogen-bond acceptors (Lipinski definition) is 0. The maximum Gasteiger partial charge on any atom is 0.194 e. The van der Waals surface area contributed by atoms with Crippen molar-refractivity contribution >= 4 is 54.1 Å². The van der Waals surface area contributed by atoms with Gasteiger partial charge in [-0.15, -0.1) is 0 Å². The van der Waals surface area contributed by atoms with Crippen LogP contribution in [0.4, 0.5) is 4.39 Å². The lowest BCUT2D eigenvalue weighted by Crippen LogP contribution is -1.90. The molecule has 2 aromatic heterocycles. The molecule has 0 atom stereocenters. The number of nitrogens with zero attached hydrogens (tertiary/aromatic N) is 2. The fourth-order valence-corrected chi connectivity index (χ4v) is 4.44. The highest BCUT2D eigenvalue weighted by Crippen LogP contribution is 2.35. The maximum atomic E-state index is 14.0. The zero-order valence-corrected chi connectivity index (χ0v) is 15.1. The maximum absolute atomic E-state index is 14.0. The van der Waals surface area contributed by atoms with Gasteiger partial charge < -0.3 is 9.13 Å². The van der Waals surface area contributed by atoms with E-state index in [4.69, 9.17) is 0 Å². The molecule has 0 radical (unpaired) electrons. The Kier molecular flexibility index (Phi) is 2.68. The molecular weight excluding hydrogens is 335 g/mol. The molecule has 3 heteroatoms. The van der Waals surface area contributed by atoms with E-state index in [1.54, 1.807) is 17.7 Å². The van der Waals surface area contributed by atoms with Crippen molar-refractivity contribution in [2.24, 2.45) is 14.1 Å². The van der Waals surface area contributed by atoms with Crippen LogP contribution in [0.3, 0.4) is 0 Å². The highest BCUT2D eigenvalue weighted by atomic mass is 19.1. The number of rotatable bonds is 0. The van der Waals surface area contributed by atoms with Crippen LogP contribution in [-0.2, 0) is 14.1 Å². The highest BCUT2D eigenvalue weighted by Gasteiger charge is 2.11. The summed E-state index contributed by atoms with van der Waals surface area (Å²) in [7, 11) is 3.84. The van der Waals surface area contributed by atoms with Gasteiger partial charge in [0, 0.05) is 42.6 Å². The number of halogens is 1. The summed E-state index contributed by atoms with van der Waals surface area (Å²) in [5.41, 5.74) is 2.16. The van der Waals surface area contributed by atoms with Crippen LogP contribution in [-0.4, -0.2) is 9.13 Å². The van der Waals surface area contributed by atoms with Crippen molar-refractivity contribution in [3.63, 3.8) is 0 Å². The average molecular weight is 352 g/mol. The van der Waals surface area contributed by atoms with Crippen LogP contribution in [0.25, 0.3) is 54.1 Å². The Morgan fingerprint density at radius 2 is 1.22 bits per heavy atom. The van der Waals surface area contributed by atoms with Crippen LogP contribution < -0.4 is 0 Å². The SMILES string of the molecule is Cn1ccc2cc3c(ccc4c5cc6cc(F)n(C)c6cc5ccc34)cc21. The van der Waals surface area contributed by atoms with Crippen LogP contribution >= 0.6 is 0 Å². The first-order chi connectivity index (χ1) is 13.1. The largest absolute Gasteiger partial charge is 0.351 e. The summed E-state index contributed by atoms with van der Waals surface area (Å²) in [4.78, 5) is 0. The van der Waals surface area contributed by atoms with Crippen molar-refractivity contribution in [3.05, 3.63) is 72.8 Å². The summed E-state index contributed by atoms with van der Waals surface area (Å²) in [5, 5.41) is 9.43. The third kappa shape index (κ3) is 1.89. The Balaban J connectivity index is 1.78. The summed E-state index contributed by atoms with van der Waals surface area (Å²) in [6.07, 6.45) is 2.10. The second-order valence-electron chi connectivity index (χ2n) is 7.44. The van der Waals surface area contributed by atoms with E-state index < -0.39 is 0 Å². The van der Waals surface area contributed by atoms with E-state index >= 15 is 0 Å². The zero-order valence-electron chi connectivity index (χ0n) is 15.1. The molecule has 27 heavy (non-hydrogen) atoms. The Bertz CT molecular complexity index is 1550. The predicted molar refractivity (Wildman–Crippen MR) is 112 cm³/mol. The molecule has 0 unspecified atom stereocenters. The molecule has 6 aromatic rings. The van der Waals surface area contributed by atoms with Crippen molar-refractivity contribution in [2.75, 3.05) is 0 Å². The zero-order chi connectivity index (χ0) is 18.3. The number of aromatic nitrogens is 2. The van der Waals surface area contributed by atoms with Crippen molar-refractivity contribution in [1.29, 1.82) is 0 Å². The minimum atomic E-state index is -0.207. The smallest absolute Gasteiger partial charge is 0.194 e. The minimum absolute atomic E-state index is 0.207. The molecular formula is C24H17FN2. The van der Waals surface area contributed by atoms with Gasteiger partial charge in [-0.05, 0) is 62.6 Å². The van der Waals surface area contributed by atoms with Crippen LogP contribution in [0.5, 0.6) is 0 Å². The molecule has 0 saturated heterocycles. The third-order valence-corrected chi connectivity index (χ3v) is 5.94. The molecule has 0 saturated carbocycles. The summed E-state index contributed by atoms with van der Waals surface area (Å²) < 4.78 is 17.8. The monoisotopic (exact) mass is 352 g/mol. The third-order valence-electron chi connectivity index (χ3n) is 5.94. The van der Waals surface area contributed by atoms with Crippen molar-refractivity contribution in [3.8, 4) is 0 Å². The molecule has 4 aromatic carbocycles. The van der Waals surface area contributed by atoms with E-state index in [2.05, 4.69) is 72.4 Å². The van der Waals surface area contributed by atoms with Crippen LogP contribution in [0, 0.1) is 5.95 Å². The second-order valence-corrected chi connectivity index (χ2v) is 7.44. The van der Waals surface area contributed by atoms with E-state index in [-0.39, 0.29) is 5.95 Å². The second kappa shape index (κ2) is 4.89. The van der Waals surface area contributed by atoms with E-state index in [1.165, 1.54) is 37.8 Å². The predicted octanol–water partition coefficient (Wildman–Crippen LogP) is 6.27. The van der Waals surface area contributed by atoms with Crippen molar-refractivity contribution in [1.82, 2.24) is 9.13 Å². The van der Waals surface area contributed by atoms with Gasteiger partial charge in [0.25, 0.3) is 0 Å². The first kappa shape index (κ1) is 14.8. The standard InChI is InChI=1S/C24H17FN2/c1-26-8-7-16-9-20-14(11-22(16)26)3-5-19-18(20)6-4-15-12-23-17(10-21(15)19)13-24(25)27(23)2/h3-13H,1-2H3. The molecule has 0 spiro atoms. The van der Waals surface area contributed by atoms with Gasteiger partial charge in [-0.25, -0.2) is 0 Å². The van der Waals surface area contributed by atoms with Gasteiger partial charge in [-0.2, -0.15) is 4.39 Å². The normalized spacial score (nSPS) is 12.3. The number of hydrogen-bond donors (Lipinski definition) is 0. The van der Waals surface area contributed by atoms with E-state index in [1.807, 2.05) is 0 Å². The molecule has 6 rings (SSSR count). The lowest BCUT2D eigenvalue weighted by Gasteiger charge is -2.09. The van der Waals surface area contributed by atoms with Gasteiger partial charge in [-0.3, -0.25) is 0 Å². The first-order valence-electron chi connectivity index (χ1n) is 9.09. The fourth-order valence-electron chi connectivity index (χ4n) is 4.44. The summed E-state index contributed by atoms with van der Waals surface area (Å²) >= 11 is 0. The molecule has 0 amide bonds. The van der Waals surface area contributed by atoms with Gasteiger partial charge in [0.2, 0.25) is 0 Å². The molecule has 0 bridgehead atoms. The molecule has 130 valence electrons. The molecule has 0 N–H and O–H groups in total. The van der Waals surface area contributed by atoms with E-state index in [9.17, 15) is 4.39 Å². The van der Waals surface area contributed by atoms with Crippen LogP contribution in [0.2, 0.25) is 0 Å². The topological polar surface area (TPSA) is 9.86 Å². The van der Waals surface area contributed by atoms with Gasteiger partial charge in [0.05, 0.1) is 5.52 Å². The molecule has 2 nitrogen and oxygen atoms in total. The van der Waals surface area contributed by atoms with Crippen LogP contribution in [0.15, 0.2) is 66.9 Å². The molecule has 0 fully saturated rings. The Labute approximate surface area is 155 Å². The number of benzene rings is 4. The summed E-state index contributed by atoms with van der Waals surface area (Å²) in [6, 6.07) is 21.2. The van der Waals surface area contributed by atoms with Gasteiger partial charge in [-0.1, -0.05) is 24.3 Å². The Hall–Kier alpha value is -3.33. The molecule has 2 heterocycles. The van der Waals surface area contributed by atoms with Crippen molar-refractivity contribution in [2.45, 2.75) is 0 Å². The lowest BCUT2D eigenvalue weighted by atomic mass is 9.95. The summed E-state index contributed by atoms with van der Waals surface area (Å²) in [6.45, 7) is 0. The molecule has 0 aliphatic carbocycles.